The predicted octanol–water partition coefficient (Wildman–Crippen LogP) is 0.714. The summed E-state index contributed by atoms with van der Waals surface area (Å²) in [5.41, 5.74) is 5.42. The zero-order chi connectivity index (χ0) is 12.3. The third-order valence-electron chi connectivity index (χ3n) is 3.95. The van der Waals surface area contributed by atoms with Gasteiger partial charge in [-0.25, -0.2) is 0 Å². The van der Waals surface area contributed by atoms with E-state index in [0.717, 1.165) is 18.9 Å². The lowest BCUT2D eigenvalue weighted by atomic mass is 9.85. The second kappa shape index (κ2) is 5.83. The van der Waals surface area contributed by atoms with Crippen LogP contribution in [0.25, 0.3) is 0 Å². The Kier molecular flexibility index (Phi) is 4.40. The van der Waals surface area contributed by atoms with Gasteiger partial charge in [0.15, 0.2) is 0 Å². The highest BCUT2D eigenvalue weighted by atomic mass is 16.1. The molecule has 98 valence electrons. The van der Waals surface area contributed by atoms with Crippen molar-refractivity contribution in [2.45, 2.75) is 50.6 Å². The SMILES string of the molecule is CN(CCC(NC1CC1)C(N)=O)CC1CCC1. The Labute approximate surface area is 104 Å². The molecule has 1 amide bonds. The molecule has 1 unspecified atom stereocenters. The van der Waals surface area contributed by atoms with Crippen molar-refractivity contribution in [3.63, 3.8) is 0 Å². The Morgan fingerprint density at radius 3 is 2.59 bits per heavy atom. The number of carbonyl (C=O) groups is 1. The highest BCUT2D eigenvalue weighted by molar-refractivity contribution is 5.79. The number of hydrogen-bond donors (Lipinski definition) is 2. The van der Waals surface area contributed by atoms with Crippen molar-refractivity contribution >= 4 is 5.91 Å². The molecule has 0 bridgehead atoms. The first-order valence-corrected chi connectivity index (χ1v) is 6.89. The fraction of sp³-hybridized carbons (Fsp3) is 0.923. The number of hydrogen-bond acceptors (Lipinski definition) is 3. The van der Waals surface area contributed by atoms with E-state index in [9.17, 15) is 4.79 Å². The molecule has 2 aliphatic rings. The fourth-order valence-electron chi connectivity index (χ4n) is 2.40. The lowest BCUT2D eigenvalue weighted by Gasteiger charge is -2.30. The van der Waals surface area contributed by atoms with Crippen molar-refractivity contribution < 1.29 is 4.79 Å². The van der Waals surface area contributed by atoms with Gasteiger partial charge in [-0.1, -0.05) is 6.42 Å². The van der Waals surface area contributed by atoms with Gasteiger partial charge in [-0.05, 0) is 51.6 Å². The molecule has 0 saturated heterocycles. The first-order chi connectivity index (χ1) is 8.15. The average Bonchev–Trinajstić information content (AvgIpc) is 3.01. The average molecular weight is 239 g/mol. The monoisotopic (exact) mass is 239 g/mol. The molecular formula is C13H25N3O. The second-order valence-corrected chi connectivity index (χ2v) is 5.74. The van der Waals surface area contributed by atoms with Crippen LogP contribution in [0.2, 0.25) is 0 Å². The maximum atomic E-state index is 11.3. The van der Waals surface area contributed by atoms with Crippen LogP contribution in [-0.2, 0) is 4.79 Å². The highest BCUT2D eigenvalue weighted by Crippen LogP contribution is 2.26. The molecule has 2 aliphatic carbocycles. The van der Waals surface area contributed by atoms with Crippen LogP contribution >= 0.6 is 0 Å². The van der Waals surface area contributed by atoms with Crippen LogP contribution in [0.4, 0.5) is 0 Å². The van der Waals surface area contributed by atoms with Crippen molar-refractivity contribution in [1.82, 2.24) is 10.2 Å². The van der Waals surface area contributed by atoms with Gasteiger partial charge in [0.2, 0.25) is 5.91 Å². The van der Waals surface area contributed by atoms with Crippen molar-refractivity contribution in [3.8, 4) is 0 Å². The largest absolute Gasteiger partial charge is 0.368 e. The molecule has 2 rings (SSSR count). The molecule has 4 nitrogen and oxygen atoms in total. The normalized spacial score (nSPS) is 22.5. The fourth-order valence-corrected chi connectivity index (χ4v) is 2.40. The topological polar surface area (TPSA) is 58.4 Å². The van der Waals surface area contributed by atoms with Gasteiger partial charge in [0.25, 0.3) is 0 Å². The summed E-state index contributed by atoms with van der Waals surface area (Å²) >= 11 is 0. The van der Waals surface area contributed by atoms with Gasteiger partial charge in [-0.3, -0.25) is 4.79 Å². The van der Waals surface area contributed by atoms with Crippen LogP contribution in [0.15, 0.2) is 0 Å². The molecule has 0 heterocycles. The van der Waals surface area contributed by atoms with E-state index in [1.54, 1.807) is 0 Å². The van der Waals surface area contributed by atoms with Crippen LogP contribution in [0.1, 0.15) is 38.5 Å². The molecule has 0 radical (unpaired) electrons. The standard InChI is InChI=1S/C13H25N3O/c1-16(9-10-3-2-4-10)8-7-12(13(14)17)15-11-5-6-11/h10-12,15H,2-9H2,1H3,(H2,14,17). The molecule has 0 aliphatic heterocycles. The maximum absolute atomic E-state index is 11.3. The van der Waals surface area contributed by atoms with Crippen molar-refractivity contribution in [1.29, 1.82) is 0 Å². The lowest BCUT2D eigenvalue weighted by Crippen LogP contribution is -2.44. The van der Waals surface area contributed by atoms with E-state index >= 15 is 0 Å². The first kappa shape index (κ1) is 12.8. The van der Waals surface area contributed by atoms with Crippen LogP contribution in [0, 0.1) is 5.92 Å². The molecule has 0 aromatic rings. The number of primary amides is 1. The van der Waals surface area contributed by atoms with Crippen LogP contribution < -0.4 is 11.1 Å². The van der Waals surface area contributed by atoms with Crippen LogP contribution in [0.5, 0.6) is 0 Å². The van der Waals surface area contributed by atoms with Crippen molar-refractivity contribution in [3.05, 3.63) is 0 Å². The van der Waals surface area contributed by atoms with Gasteiger partial charge in [0, 0.05) is 12.6 Å². The molecule has 0 spiro atoms. The molecule has 0 aromatic carbocycles. The van der Waals surface area contributed by atoms with Gasteiger partial charge in [-0.15, -0.1) is 0 Å². The van der Waals surface area contributed by atoms with E-state index in [-0.39, 0.29) is 11.9 Å². The molecular weight excluding hydrogens is 214 g/mol. The van der Waals surface area contributed by atoms with E-state index in [4.69, 9.17) is 5.73 Å². The Balaban J connectivity index is 1.64. The minimum absolute atomic E-state index is 0.133. The molecule has 4 heteroatoms. The highest BCUT2D eigenvalue weighted by Gasteiger charge is 2.27. The minimum atomic E-state index is -0.200. The summed E-state index contributed by atoms with van der Waals surface area (Å²) in [6.45, 7) is 2.14. The Hall–Kier alpha value is -0.610. The molecule has 2 saturated carbocycles. The quantitative estimate of drug-likeness (QED) is 0.656. The molecule has 17 heavy (non-hydrogen) atoms. The summed E-state index contributed by atoms with van der Waals surface area (Å²) in [6.07, 6.45) is 7.39. The Morgan fingerprint density at radius 2 is 2.12 bits per heavy atom. The van der Waals surface area contributed by atoms with E-state index < -0.39 is 0 Å². The summed E-state index contributed by atoms with van der Waals surface area (Å²) in [4.78, 5) is 13.6. The van der Waals surface area contributed by atoms with Gasteiger partial charge < -0.3 is 16.0 Å². The Bertz CT molecular complexity index is 261. The Morgan fingerprint density at radius 1 is 1.41 bits per heavy atom. The number of nitrogens with one attached hydrogen (secondary N) is 1. The summed E-state index contributed by atoms with van der Waals surface area (Å²) in [6, 6.07) is 0.413. The first-order valence-electron chi connectivity index (χ1n) is 6.89. The second-order valence-electron chi connectivity index (χ2n) is 5.74. The van der Waals surface area contributed by atoms with E-state index in [2.05, 4.69) is 17.3 Å². The minimum Gasteiger partial charge on any atom is -0.368 e. The number of rotatable bonds is 8. The smallest absolute Gasteiger partial charge is 0.234 e. The predicted molar refractivity (Wildman–Crippen MR) is 68.6 cm³/mol. The van der Waals surface area contributed by atoms with E-state index in [0.29, 0.717) is 6.04 Å². The van der Waals surface area contributed by atoms with Gasteiger partial charge >= 0.3 is 0 Å². The molecule has 2 fully saturated rings. The zero-order valence-electron chi connectivity index (χ0n) is 10.8. The maximum Gasteiger partial charge on any atom is 0.234 e. The van der Waals surface area contributed by atoms with Gasteiger partial charge in [0.05, 0.1) is 6.04 Å². The van der Waals surface area contributed by atoms with Crippen molar-refractivity contribution in [2.24, 2.45) is 11.7 Å². The summed E-state index contributed by atoms with van der Waals surface area (Å²) in [7, 11) is 2.15. The molecule has 3 N–H and O–H groups in total. The third-order valence-corrected chi connectivity index (χ3v) is 3.95. The zero-order valence-corrected chi connectivity index (χ0v) is 10.8. The molecule has 0 aromatic heterocycles. The number of amides is 1. The van der Waals surface area contributed by atoms with E-state index in [1.165, 1.54) is 38.6 Å². The summed E-state index contributed by atoms with van der Waals surface area (Å²) < 4.78 is 0. The van der Waals surface area contributed by atoms with Gasteiger partial charge in [-0.2, -0.15) is 0 Å². The molecule has 1 atom stereocenters. The van der Waals surface area contributed by atoms with Crippen LogP contribution in [-0.4, -0.2) is 43.0 Å². The third kappa shape index (κ3) is 4.28. The number of nitrogens with two attached hydrogens (primary N) is 1. The lowest BCUT2D eigenvalue weighted by molar-refractivity contribution is -0.120. The van der Waals surface area contributed by atoms with Crippen molar-refractivity contribution in [2.75, 3.05) is 20.1 Å². The number of carbonyl (C=O) groups excluding carboxylic acids is 1. The number of nitrogens with zero attached hydrogens (tertiary/aromatic N) is 1. The van der Waals surface area contributed by atoms with Crippen LogP contribution in [0.3, 0.4) is 0 Å². The van der Waals surface area contributed by atoms with Gasteiger partial charge in [0.1, 0.15) is 0 Å². The van der Waals surface area contributed by atoms with E-state index in [1.807, 2.05) is 0 Å². The summed E-state index contributed by atoms with van der Waals surface area (Å²) in [5, 5.41) is 3.33. The summed E-state index contributed by atoms with van der Waals surface area (Å²) in [5.74, 6) is 0.692.